The SMILES string of the molecule is O=C(c1csc(Nc2ccc(F)cc2)n1)N1CCCC(C(=O)N2CCCC2)C1. The summed E-state index contributed by atoms with van der Waals surface area (Å²) >= 11 is 1.33. The number of benzene rings is 1. The molecule has 1 unspecified atom stereocenters. The number of hydrogen-bond acceptors (Lipinski definition) is 5. The highest BCUT2D eigenvalue weighted by Crippen LogP contribution is 2.25. The van der Waals surface area contributed by atoms with Crippen molar-refractivity contribution in [1.82, 2.24) is 14.8 Å². The fraction of sp³-hybridized carbons (Fsp3) is 0.450. The molecule has 28 heavy (non-hydrogen) atoms. The Morgan fingerprint density at radius 2 is 1.79 bits per heavy atom. The van der Waals surface area contributed by atoms with Crippen LogP contribution in [0.25, 0.3) is 0 Å². The van der Waals surface area contributed by atoms with Crippen molar-refractivity contribution in [2.75, 3.05) is 31.5 Å². The fourth-order valence-electron chi connectivity index (χ4n) is 3.81. The molecule has 8 heteroatoms. The minimum atomic E-state index is -0.302. The van der Waals surface area contributed by atoms with Gasteiger partial charge in [0.25, 0.3) is 5.91 Å². The Hall–Kier alpha value is -2.48. The maximum atomic E-state index is 13.0. The van der Waals surface area contributed by atoms with Crippen LogP contribution in [-0.4, -0.2) is 52.8 Å². The lowest BCUT2D eigenvalue weighted by atomic mass is 9.96. The lowest BCUT2D eigenvalue weighted by Gasteiger charge is -2.33. The molecule has 2 aromatic rings. The number of nitrogens with zero attached hydrogens (tertiary/aromatic N) is 3. The van der Waals surface area contributed by atoms with Gasteiger partial charge in [0, 0.05) is 37.2 Å². The van der Waals surface area contributed by atoms with Crippen molar-refractivity contribution in [1.29, 1.82) is 0 Å². The number of halogens is 1. The van der Waals surface area contributed by atoms with Crippen molar-refractivity contribution in [3.63, 3.8) is 0 Å². The van der Waals surface area contributed by atoms with E-state index >= 15 is 0 Å². The Morgan fingerprint density at radius 1 is 1.07 bits per heavy atom. The fourth-order valence-corrected chi connectivity index (χ4v) is 4.51. The molecule has 2 aliphatic rings. The second kappa shape index (κ2) is 8.26. The van der Waals surface area contributed by atoms with Crippen LogP contribution >= 0.6 is 11.3 Å². The van der Waals surface area contributed by atoms with Crippen LogP contribution in [0.5, 0.6) is 0 Å². The third-order valence-corrected chi connectivity index (χ3v) is 6.05. The maximum absolute atomic E-state index is 13.0. The van der Waals surface area contributed by atoms with Gasteiger partial charge in [0.05, 0.1) is 5.92 Å². The Morgan fingerprint density at radius 3 is 2.54 bits per heavy atom. The molecule has 3 heterocycles. The summed E-state index contributed by atoms with van der Waals surface area (Å²) in [5.74, 6) is -0.357. The van der Waals surface area contributed by atoms with Gasteiger partial charge in [0.15, 0.2) is 5.13 Å². The zero-order valence-corrected chi connectivity index (χ0v) is 16.4. The Kier molecular flexibility index (Phi) is 5.57. The molecule has 2 fully saturated rings. The number of piperidine rings is 1. The average Bonchev–Trinajstić information content (AvgIpc) is 3.41. The van der Waals surface area contributed by atoms with Gasteiger partial charge < -0.3 is 15.1 Å². The van der Waals surface area contributed by atoms with Crippen molar-refractivity contribution in [2.24, 2.45) is 5.92 Å². The molecule has 2 saturated heterocycles. The average molecular weight is 402 g/mol. The van der Waals surface area contributed by atoms with Gasteiger partial charge in [0.2, 0.25) is 5.91 Å². The standard InChI is InChI=1S/C20H23FN4O2S/c21-15-5-7-16(8-6-15)22-20-23-17(13-28-20)19(27)25-11-3-4-14(12-25)18(26)24-9-1-2-10-24/h5-8,13-14H,1-4,9-12H2,(H,22,23). The highest BCUT2D eigenvalue weighted by Gasteiger charge is 2.33. The van der Waals surface area contributed by atoms with Gasteiger partial charge in [-0.1, -0.05) is 0 Å². The smallest absolute Gasteiger partial charge is 0.273 e. The van der Waals surface area contributed by atoms with Crippen LogP contribution < -0.4 is 5.32 Å². The summed E-state index contributed by atoms with van der Waals surface area (Å²) in [6.45, 7) is 2.80. The summed E-state index contributed by atoms with van der Waals surface area (Å²) in [4.78, 5) is 33.6. The molecule has 1 aromatic heterocycles. The molecule has 0 spiro atoms. The van der Waals surface area contributed by atoms with Gasteiger partial charge in [-0.25, -0.2) is 9.37 Å². The van der Waals surface area contributed by atoms with Crippen LogP contribution in [0, 0.1) is 11.7 Å². The molecular weight excluding hydrogens is 379 g/mol. The van der Waals surface area contributed by atoms with E-state index in [1.807, 2.05) is 4.90 Å². The first-order valence-electron chi connectivity index (χ1n) is 9.66. The van der Waals surface area contributed by atoms with Gasteiger partial charge in [-0.15, -0.1) is 11.3 Å². The van der Waals surface area contributed by atoms with E-state index in [0.29, 0.717) is 29.6 Å². The monoisotopic (exact) mass is 402 g/mol. The second-order valence-corrected chi connectivity index (χ2v) is 8.15. The Balaban J connectivity index is 1.39. The predicted molar refractivity (Wildman–Crippen MR) is 106 cm³/mol. The number of thiazole rings is 1. The number of carbonyl (C=O) groups excluding carboxylic acids is 2. The highest BCUT2D eigenvalue weighted by atomic mass is 32.1. The zero-order valence-electron chi connectivity index (χ0n) is 15.6. The molecule has 6 nitrogen and oxygen atoms in total. The first kappa shape index (κ1) is 18.9. The number of carbonyl (C=O) groups is 2. The molecule has 1 aromatic carbocycles. The molecular formula is C20H23FN4O2S. The normalized spacial score (nSPS) is 19.7. The molecule has 0 bridgehead atoms. The minimum absolute atomic E-state index is 0.105. The van der Waals surface area contributed by atoms with Crippen molar-refractivity contribution in [3.8, 4) is 0 Å². The van der Waals surface area contributed by atoms with Crippen LogP contribution in [0.2, 0.25) is 0 Å². The van der Waals surface area contributed by atoms with E-state index in [2.05, 4.69) is 10.3 Å². The van der Waals surface area contributed by atoms with Gasteiger partial charge in [0.1, 0.15) is 11.5 Å². The number of aromatic nitrogens is 1. The summed E-state index contributed by atoms with van der Waals surface area (Å²) < 4.78 is 13.0. The first-order valence-corrected chi connectivity index (χ1v) is 10.5. The third-order valence-electron chi connectivity index (χ3n) is 5.29. The summed E-state index contributed by atoms with van der Waals surface area (Å²) in [7, 11) is 0. The topological polar surface area (TPSA) is 65.5 Å². The highest BCUT2D eigenvalue weighted by molar-refractivity contribution is 7.14. The Labute approximate surface area is 167 Å². The first-order chi connectivity index (χ1) is 13.6. The maximum Gasteiger partial charge on any atom is 0.273 e. The molecule has 2 amide bonds. The summed E-state index contributed by atoms with van der Waals surface area (Å²) in [6, 6.07) is 5.98. The van der Waals surface area contributed by atoms with E-state index in [9.17, 15) is 14.0 Å². The molecule has 148 valence electrons. The lowest BCUT2D eigenvalue weighted by Crippen LogP contribution is -2.46. The number of rotatable bonds is 4. The van der Waals surface area contributed by atoms with E-state index in [4.69, 9.17) is 0 Å². The molecule has 1 atom stereocenters. The van der Waals surface area contributed by atoms with Crippen LogP contribution in [0.1, 0.15) is 36.2 Å². The zero-order chi connectivity index (χ0) is 19.5. The van der Waals surface area contributed by atoms with Gasteiger partial charge >= 0.3 is 0 Å². The van der Waals surface area contributed by atoms with Crippen molar-refractivity contribution in [3.05, 3.63) is 41.2 Å². The number of hydrogen-bond donors (Lipinski definition) is 1. The van der Waals surface area contributed by atoms with Crippen LogP contribution in [-0.2, 0) is 4.79 Å². The summed E-state index contributed by atoms with van der Waals surface area (Å²) in [5, 5.41) is 5.39. The Bertz CT molecular complexity index is 848. The number of nitrogens with one attached hydrogen (secondary N) is 1. The van der Waals surface area contributed by atoms with E-state index < -0.39 is 0 Å². The number of likely N-dealkylation sites (tertiary alicyclic amines) is 2. The summed E-state index contributed by atoms with van der Waals surface area (Å²) in [5.41, 5.74) is 1.09. The second-order valence-electron chi connectivity index (χ2n) is 7.29. The van der Waals surface area contributed by atoms with Gasteiger partial charge in [-0.3, -0.25) is 9.59 Å². The predicted octanol–water partition coefficient (Wildman–Crippen LogP) is 3.50. The van der Waals surface area contributed by atoms with Crippen molar-refractivity contribution in [2.45, 2.75) is 25.7 Å². The van der Waals surface area contributed by atoms with Crippen LogP contribution in [0.3, 0.4) is 0 Å². The number of amides is 2. The van der Waals surface area contributed by atoms with E-state index in [1.165, 1.54) is 23.5 Å². The van der Waals surface area contributed by atoms with Crippen molar-refractivity contribution < 1.29 is 14.0 Å². The van der Waals surface area contributed by atoms with Crippen LogP contribution in [0.4, 0.5) is 15.2 Å². The quantitative estimate of drug-likeness (QED) is 0.850. The molecule has 0 saturated carbocycles. The van der Waals surface area contributed by atoms with Crippen molar-refractivity contribution >= 4 is 34.0 Å². The van der Waals surface area contributed by atoms with E-state index in [1.54, 1.807) is 22.4 Å². The molecule has 1 N–H and O–H groups in total. The van der Waals surface area contributed by atoms with Gasteiger partial charge in [-0.2, -0.15) is 0 Å². The molecule has 0 aliphatic carbocycles. The van der Waals surface area contributed by atoms with E-state index in [0.717, 1.165) is 38.8 Å². The van der Waals surface area contributed by atoms with Crippen LogP contribution in [0.15, 0.2) is 29.6 Å². The third kappa shape index (κ3) is 4.16. The molecule has 2 aliphatic heterocycles. The molecule has 4 rings (SSSR count). The van der Waals surface area contributed by atoms with E-state index in [-0.39, 0.29) is 23.5 Å². The lowest BCUT2D eigenvalue weighted by molar-refractivity contribution is -0.135. The molecule has 0 radical (unpaired) electrons. The number of anilines is 2. The minimum Gasteiger partial charge on any atom is -0.342 e. The van der Waals surface area contributed by atoms with Gasteiger partial charge in [-0.05, 0) is 49.9 Å². The summed E-state index contributed by atoms with van der Waals surface area (Å²) in [6.07, 6.45) is 3.82. The largest absolute Gasteiger partial charge is 0.342 e.